The van der Waals surface area contributed by atoms with Crippen molar-refractivity contribution in [3.63, 3.8) is 0 Å². The van der Waals surface area contributed by atoms with Gasteiger partial charge in [0, 0.05) is 16.5 Å². The van der Waals surface area contributed by atoms with E-state index in [-0.39, 0.29) is 22.7 Å². The molecule has 1 saturated carbocycles. The van der Waals surface area contributed by atoms with Crippen molar-refractivity contribution in [1.82, 2.24) is 0 Å². The zero-order valence-electron chi connectivity index (χ0n) is 22.0. The number of para-hydroxylation sites is 2. The van der Waals surface area contributed by atoms with E-state index in [1.807, 2.05) is 0 Å². The normalized spacial score (nSPS) is 31.9. The Kier molecular flexibility index (Phi) is 5.46. The van der Waals surface area contributed by atoms with Gasteiger partial charge in [-0.3, -0.25) is 0 Å². The van der Waals surface area contributed by atoms with Gasteiger partial charge in [0.05, 0.1) is 22.6 Å². The van der Waals surface area contributed by atoms with E-state index in [2.05, 4.69) is 86.1 Å². The summed E-state index contributed by atoms with van der Waals surface area (Å²) in [6.45, 7) is 8.91. The van der Waals surface area contributed by atoms with Crippen molar-refractivity contribution in [2.45, 2.75) is 71.1 Å². The fourth-order valence-electron chi connectivity index (χ4n) is 8.46. The first kappa shape index (κ1) is 24.4. The Morgan fingerprint density at radius 3 is 2.24 bits per heavy atom. The van der Waals surface area contributed by atoms with Gasteiger partial charge in [-0.2, -0.15) is 13.2 Å². The number of alkyl halides is 3. The molecular weight excluding hydrogens is 469 g/mol. The first-order valence-electron chi connectivity index (χ1n) is 13.7. The van der Waals surface area contributed by atoms with E-state index in [1.54, 1.807) is 12.1 Å². The van der Waals surface area contributed by atoms with Crippen LogP contribution in [0, 0.1) is 17.3 Å². The summed E-state index contributed by atoms with van der Waals surface area (Å²) in [6, 6.07) is 14.8. The van der Waals surface area contributed by atoms with Gasteiger partial charge in [-0.25, -0.2) is 0 Å². The Labute approximate surface area is 218 Å². The fourth-order valence-corrected chi connectivity index (χ4v) is 8.46. The van der Waals surface area contributed by atoms with Crippen LogP contribution in [0.2, 0.25) is 0 Å². The van der Waals surface area contributed by atoms with Crippen LogP contribution < -0.4 is 9.80 Å². The molecule has 2 fully saturated rings. The van der Waals surface area contributed by atoms with E-state index in [9.17, 15) is 13.2 Å². The Hall–Kier alpha value is -2.95. The van der Waals surface area contributed by atoms with Gasteiger partial charge in [-0.15, -0.1) is 0 Å². The predicted molar refractivity (Wildman–Crippen MR) is 144 cm³/mol. The lowest BCUT2D eigenvalue weighted by Crippen LogP contribution is -2.52. The molecule has 37 heavy (non-hydrogen) atoms. The molecule has 5 heteroatoms. The van der Waals surface area contributed by atoms with Crippen molar-refractivity contribution >= 4 is 11.4 Å². The third kappa shape index (κ3) is 3.00. The van der Waals surface area contributed by atoms with Gasteiger partial charge in [-0.1, -0.05) is 82.7 Å². The quantitative estimate of drug-likeness (QED) is 0.410. The van der Waals surface area contributed by atoms with E-state index < -0.39 is 11.7 Å². The number of allylic oxidation sites excluding steroid dienone is 4. The summed E-state index contributed by atoms with van der Waals surface area (Å²) in [5.74, 6) is 0.709. The molecule has 2 aliphatic carbocycles. The van der Waals surface area contributed by atoms with Crippen LogP contribution in [-0.2, 0) is 11.6 Å². The van der Waals surface area contributed by atoms with E-state index in [0.29, 0.717) is 11.8 Å². The summed E-state index contributed by atoms with van der Waals surface area (Å²) < 4.78 is 43.4. The summed E-state index contributed by atoms with van der Waals surface area (Å²) >= 11 is 0. The average molecular weight is 505 g/mol. The highest BCUT2D eigenvalue weighted by Crippen LogP contribution is 2.81. The number of halogens is 3. The number of benzene rings is 2. The van der Waals surface area contributed by atoms with Crippen LogP contribution in [0.4, 0.5) is 24.5 Å². The lowest BCUT2D eigenvalue weighted by molar-refractivity contribution is -0.137. The fraction of sp³-hybridized carbons (Fsp3) is 0.438. The van der Waals surface area contributed by atoms with Crippen molar-refractivity contribution in [2.75, 3.05) is 9.80 Å². The van der Waals surface area contributed by atoms with Crippen molar-refractivity contribution < 1.29 is 13.2 Å². The smallest absolute Gasteiger partial charge is 0.317 e. The van der Waals surface area contributed by atoms with Crippen molar-refractivity contribution in [3.05, 3.63) is 95.4 Å². The van der Waals surface area contributed by atoms with Gasteiger partial charge >= 0.3 is 6.18 Å². The number of nitrogens with zero attached hydrogens (tertiary/aromatic N) is 2. The number of rotatable bonds is 4. The minimum absolute atomic E-state index is 0.0520. The van der Waals surface area contributed by atoms with Gasteiger partial charge < -0.3 is 9.80 Å². The number of fused-ring (bicyclic) bond motifs is 8. The second kappa shape index (κ2) is 8.28. The molecule has 194 valence electrons. The van der Waals surface area contributed by atoms with E-state index in [1.165, 1.54) is 17.7 Å². The van der Waals surface area contributed by atoms with Crippen molar-refractivity contribution in [1.29, 1.82) is 0 Å². The van der Waals surface area contributed by atoms with E-state index in [4.69, 9.17) is 0 Å². The third-order valence-electron chi connectivity index (χ3n) is 9.74. The molecule has 6 rings (SSSR count). The monoisotopic (exact) mass is 504 g/mol. The Bertz CT molecular complexity index is 1320. The Morgan fingerprint density at radius 1 is 0.892 bits per heavy atom. The van der Waals surface area contributed by atoms with Gasteiger partial charge in [0.15, 0.2) is 0 Å². The molecule has 2 aromatic rings. The van der Waals surface area contributed by atoms with Gasteiger partial charge in [-0.05, 0) is 60.9 Å². The SMILES string of the molecule is CCC1C2(CC)c3ccccc3N3C4=CC=CC(C)CC=C4N(c4ccccc4C(F)(F)F)C3C12CC. The third-order valence-corrected chi connectivity index (χ3v) is 9.74. The molecule has 0 aromatic heterocycles. The minimum Gasteiger partial charge on any atom is -0.317 e. The highest BCUT2D eigenvalue weighted by atomic mass is 19.4. The first-order valence-corrected chi connectivity index (χ1v) is 13.7. The Morgan fingerprint density at radius 2 is 1.57 bits per heavy atom. The lowest BCUT2D eigenvalue weighted by Gasteiger charge is -2.46. The standard InChI is InChI=1S/C32H35F3N2/c1-5-28-30(6-2)22-14-8-10-16-24(22)36-26-18-12-13-21(4)19-20-27(26)37(29(36)31(28,30)7-3)25-17-11-9-15-23(25)32(33,34)35/h8-18,20-21,28-29H,5-7,19H2,1-4H3. The molecule has 4 aliphatic rings. The van der Waals surface area contributed by atoms with Crippen LogP contribution in [0.3, 0.4) is 0 Å². The molecular formula is C32H35F3N2. The average Bonchev–Trinajstić information content (AvgIpc) is 3.38. The highest BCUT2D eigenvalue weighted by Gasteiger charge is 2.82. The molecule has 0 spiro atoms. The summed E-state index contributed by atoms with van der Waals surface area (Å²) in [7, 11) is 0. The van der Waals surface area contributed by atoms with Crippen molar-refractivity contribution in [3.8, 4) is 0 Å². The molecule has 0 N–H and O–H groups in total. The molecule has 0 amide bonds. The molecule has 5 atom stereocenters. The highest BCUT2D eigenvalue weighted by molar-refractivity contribution is 5.81. The minimum atomic E-state index is -4.44. The molecule has 2 aromatic carbocycles. The molecule has 1 saturated heterocycles. The number of anilines is 2. The Balaban J connectivity index is 1.70. The van der Waals surface area contributed by atoms with Crippen molar-refractivity contribution in [2.24, 2.45) is 17.3 Å². The van der Waals surface area contributed by atoms with Crippen LogP contribution in [0.5, 0.6) is 0 Å². The second-order valence-electron chi connectivity index (χ2n) is 11.1. The largest absolute Gasteiger partial charge is 0.418 e. The maximum Gasteiger partial charge on any atom is 0.418 e. The van der Waals surface area contributed by atoms with Crippen LogP contribution in [0.15, 0.2) is 84.2 Å². The van der Waals surface area contributed by atoms with Crippen LogP contribution in [-0.4, -0.2) is 6.17 Å². The first-order chi connectivity index (χ1) is 17.8. The molecule has 2 nitrogen and oxygen atoms in total. The molecule has 2 aliphatic heterocycles. The summed E-state index contributed by atoms with van der Waals surface area (Å²) in [4.78, 5) is 4.45. The second-order valence-corrected chi connectivity index (χ2v) is 11.1. The summed E-state index contributed by atoms with van der Waals surface area (Å²) in [5.41, 5.74) is 3.87. The number of hydrogen-bond acceptors (Lipinski definition) is 2. The maximum atomic E-state index is 14.5. The lowest BCUT2D eigenvalue weighted by atomic mass is 9.76. The predicted octanol–water partition coefficient (Wildman–Crippen LogP) is 8.82. The van der Waals surface area contributed by atoms with Gasteiger partial charge in [0.2, 0.25) is 0 Å². The van der Waals surface area contributed by atoms with Gasteiger partial charge in [0.1, 0.15) is 6.17 Å². The molecule has 0 bridgehead atoms. The topological polar surface area (TPSA) is 6.48 Å². The summed E-state index contributed by atoms with van der Waals surface area (Å²) in [6.07, 6.45) is 7.59. The van der Waals surface area contributed by atoms with E-state index in [0.717, 1.165) is 42.8 Å². The van der Waals surface area contributed by atoms with Crippen LogP contribution in [0.1, 0.15) is 64.5 Å². The molecule has 0 radical (unpaired) electrons. The number of hydrogen-bond donors (Lipinski definition) is 0. The summed E-state index contributed by atoms with van der Waals surface area (Å²) in [5, 5.41) is 0. The maximum absolute atomic E-state index is 14.5. The van der Waals surface area contributed by atoms with Crippen LogP contribution >= 0.6 is 0 Å². The molecule has 5 unspecified atom stereocenters. The van der Waals surface area contributed by atoms with Gasteiger partial charge in [0.25, 0.3) is 0 Å². The zero-order chi connectivity index (χ0) is 26.2. The molecule has 2 heterocycles. The van der Waals surface area contributed by atoms with Crippen LogP contribution in [0.25, 0.3) is 0 Å². The van der Waals surface area contributed by atoms with E-state index >= 15 is 0 Å². The zero-order valence-corrected chi connectivity index (χ0v) is 22.0.